The monoisotopic (exact) mass is 276 g/mol. The van der Waals surface area contributed by atoms with E-state index in [1.54, 1.807) is 24.0 Å². The summed E-state index contributed by atoms with van der Waals surface area (Å²) in [7, 11) is 3.79. The summed E-state index contributed by atoms with van der Waals surface area (Å²) in [5.74, 6) is -0.285. The van der Waals surface area contributed by atoms with Crippen LogP contribution in [0, 0.1) is 0 Å². The molecule has 0 saturated carbocycles. The zero-order valence-electron chi connectivity index (χ0n) is 12.0. The van der Waals surface area contributed by atoms with Crippen LogP contribution in [0.5, 0.6) is 0 Å². The largest absolute Gasteiger partial charge is 0.397 e. The van der Waals surface area contributed by atoms with Gasteiger partial charge < -0.3 is 20.9 Å². The summed E-state index contributed by atoms with van der Waals surface area (Å²) in [6.45, 7) is 2.73. The van der Waals surface area contributed by atoms with E-state index >= 15 is 0 Å². The molecule has 20 heavy (non-hydrogen) atoms. The van der Waals surface area contributed by atoms with Crippen LogP contribution in [-0.4, -0.2) is 49.9 Å². The lowest BCUT2D eigenvalue weighted by Crippen LogP contribution is -2.55. The number of hydrogen-bond donors (Lipinski definition) is 2. The topological polar surface area (TPSA) is 78.7 Å². The predicted molar refractivity (Wildman–Crippen MR) is 78.7 cm³/mol. The molecule has 1 saturated heterocycles. The fraction of sp³-hybridized carbons (Fsp3) is 0.429. The molecule has 1 aliphatic heterocycles. The highest BCUT2D eigenvalue weighted by atomic mass is 16.2. The van der Waals surface area contributed by atoms with Crippen LogP contribution in [0.3, 0.4) is 0 Å². The number of benzene rings is 1. The average molecular weight is 276 g/mol. The molecule has 1 aromatic carbocycles. The highest BCUT2D eigenvalue weighted by molar-refractivity contribution is 5.99. The van der Waals surface area contributed by atoms with E-state index in [1.165, 1.54) is 0 Å². The third-order valence-electron chi connectivity index (χ3n) is 3.52. The number of nitrogen functional groups attached to an aromatic ring is 1. The molecule has 0 bridgehead atoms. The molecule has 6 heteroatoms. The third kappa shape index (κ3) is 2.54. The van der Waals surface area contributed by atoms with Crippen LogP contribution in [0.4, 0.5) is 11.4 Å². The molecule has 1 aromatic rings. The number of carbonyl (C=O) groups is 2. The maximum Gasteiger partial charge on any atom is 0.254 e. The second-order valence-electron chi connectivity index (χ2n) is 5.13. The SMILES string of the molecule is CC1C(=O)NCCN1C(=O)c1ccc(N(C)C)c(N)c1. The molecule has 0 aromatic heterocycles. The lowest BCUT2D eigenvalue weighted by atomic mass is 10.1. The number of piperazine rings is 1. The van der Waals surface area contributed by atoms with Crippen molar-refractivity contribution in [3.63, 3.8) is 0 Å². The van der Waals surface area contributed by atoms with Crippen molar-refractivity contribution in [1.29, 1.82) is 0 Å². The van der Waals surface area contributed by atoms with Crippen molar-refractivity contribution in [3.8, 4) is 0 Å². The molecule has 1 unspecified atom stereocenters. The van der Waals surface area contributed by atoms with Gasteiger partial charge in [-0.05, 0) is 25.1 Å². The normalized spacial score (nSPS) is 18.6. The predicted octanol–water partition coefficient (Wildman–Crippen LogP) is 0.295. The van der Waals surface area contributed by atoms with Gasteiger partial charge in [-0.15, -0.1) is 0 Å². The minimum Gasteiger partial charge on any atom is -0.397 e. The molecule has 6 nitrogen and oxygen atoms in total. The lowest BCUT2D eigenvalue weighted by Gasteiger charge is -2.33. The number of hydrogen-bond acceptors (Lipinski definition) is 4. The first-order chi connectivity index (χ1) is 9.41. The summed E-state index contributed by atoms with van der Waals surface area (Å²) >= 11 is 0. The van der Waals surface area contributed by atoms with Crippen LogP contribution in [0.1, 0.15) is 17.3 Å². The number of nitrogens with zero attached hydrogens (tertiary/aromatic N) is 2. The molecule has 1 aliphatic rings. The summed E-state index contributed by atoms with van der Waals surface area (Å²) in [6, 6.07) is 4.77. The molecular formula is C14H20N4O2. The highest BCUT2D eigenvalue weighted by Crippen LogP contribution is 2.23. The van der Waals surface area contributed by atoms with Crippen LogP contribution in [-0.2, 0) is 4.79 Å². The molecule has 1 fully saturated rings. The number of carbonyl (C=O) groups excluding carboxylic acids is 2. The van der Waals surface area contributed by atoms with Gasteiger partial charge in [-0.25, -0.2) is 0 Å². The summed E-state index contributed by atoms with van der Waals surface area (Å²) in [5, 5.41) is 2.74. The second kappa shape index (κ2) is 5.40. The summed E-state index contributed by atoms with van der Waals surface area (Å²) in [4.78, 5) is 27.5. The Labute approximate surface area is 118 Å². The third-order valence-corrected chi connectivity index (χ3v) is 3.52. The van der Waals surface area contributed by atoms with E-state index in [9.17, 15) is 9.59 Å². The first kappa shape index (κ1) is 14.2. The lowest BCUT2D eigenvalue weighted by molar-refractivity contribution is -0.127. The molecule has 0 spiro atoms. The number of nitrogens with one attached hydrogen (secondary N) is 1. The smallest absolute Gasteiger partial charge is 0.254 e. The van der Waals surface area contributed by atoms with E-state index in [4.69, 9.17) is 5.73 Å². The van der Waals surface area contributed by atoms with Gasteiger partial charge in [0.2, 0.25) is 5.91 Å². The number of anilines is 2. The molecule has 1 atom stereocenters. The standard InChI is InChI=1S/C14H20N4O2/c1-9-13(19)16-6-7-18(9)14(20)10-4-5-12(17(2)3)11(15)8-10/h4-5,8-9H,6-7,15H2,1-3H3,(H,16,19). The molecular weight excluding hydrogens is 256 g/mol. The van der Waals surface area contributed by atoms with Crippen LogP contribution in [0.2, 0.25) is 0 Å². The van der Waals surface area contributed by atoms with E-state index in [2.05, 4.69) is 5.32 Å². The van der Waals surface area contributed by atoms with Gasteiger partial charge in [0.25, 0.3) is 5.91 Å². The first-order valence-electron chi connectivity index (χ1n) is 6.57. The Morgan fingerprint density at radius 3 is 2.75 bits per heavy atom. The van der Waals surface area contributed by atoms with Crippen LogP contribution < -0.4 is 16.0 Å². The fourth-order valence-electron chi connectivity index (χ4n) is 2.32. The van der Waals surface area contributed by atoms with Crippen LogP contribution >= 0.6 is 0 Å². The van der Waals surface area contributed by atoms with E-state index in [1.807, 2.05) is 25.1 Å². The van der Waals surface area contributed by atoms with Gasteiger partial charge >= 0.3 is 0 Å². The van der Waals surface area contributed by atoms with Crippen LogP contribution in [0.15, 0.2) is 18.2 Å². The Morgan fingerprint density at radius 2 is 2.15 bits per heavy atom. The van der Waals surface area contributed by atoms with Crippen molar-refractivity contribution in [3.05, 3.63) is 23.8 Å². The van der Waals surface area contributed by atoms with Gasteiger partial charge in [0.05, 0.1) is 11.4 Å². The Balaban J connectivity index is 2.25. The van der Waals surface area contributed by atoms with Crippen molar-refractivity contribution in [2.24, 2.45) is 0 Å². The Kier molecular flexibility index (Phi) is 3.83. The van der Waals surface area contributed by atoms with E-state index in [0.29, 0.717) is 24.3 Å². The zero-order chi connectivity index (χ0) is 14.9. The molecule has 2 rings (SSSR count). The fourth-order valence-corrected chi connectivity index (χ4v) is 2.32. The first-order valence-corrected chi connectivity index (χ1v) is 6.57. The number of rotatable bonds is 2. The molecule has 0 radical (unpaired) electrons. The van der Waals surface area contributed by atoms with E-state index < -0.39 is 6.04 Å². The maximum atomic E-state index is 12.5. The van der Waals surface area contributed by atoms with Gasteiger partial charge in [0.1, 0.15) is 6.04 Å². The Bertz CT molecular complexity index is 542. The zero-order valence-corrected chi connectivity index (χ0v) is 12.0. The van der Waals surface area contributed by atoms with Crippen LogP contribution in [0.25, 0.3) is 0 Å². The number of amides is 2. The highest BCUT2D eigenvalue weighted by Gasteiger charge is 2.30. The molecule has 3 N–H and O–H groups in total. The summed E-state index contributed by atoms with van der Waals surface area (Å²) in [6.07, 6.45) is 0. The van der Waals surface area contributed by atoms with Gasteiger partial charge in [-0.2, -0.15) is 0 Å². The minimum absolute atomic E-state index is 0.123. The quantitative estimate of drug-likeness (QED) is 0.761. The molecule has 108 valence electrons. The van der Waals surface area contributed by atoms with Gasteiger partial charge in [0.15, 0.2) is 0 Å². The summed E-state index contributed by atoms with van der Waals surface area (Å²) in [5.41, 5.74) is 7.89. The second-order valence-corrected chi connectivity index (χ2v) is 5.13. The van der Waals surface area contributed by atoms with Crippen molar-refractivity contribution < 1.29 is 9.59 Å². The molecule has 0 aliphatic carbocycles. The van der Waals surface area contributed by atoms with Crippen molar-refractivity contribution in [2.75, 3.05) is 37.8 Å². The van der Waals surface area contributed by atoms with Gasteiger partial charge in [-0.1, -0.05) is 0 Å². The van der Waals surface area contributed by atoms with Gasteiger partial charge in [0, 0.05) is 32.7 Å². The Morgan fingerprint density at radius 1 is 1.45 bits per heavy atom. The maximum absolute atomic E-state index is 12.5. The Hall–Kier alpha value is -2.24. The van der Waals surface area contributed by atoms with Crippen molar-refractivity contribution >= 4 is 23.2 Å². The van der Waals surface area contributed by atoms with Crippen molar-refractivity contribution in [2.45, 2.75) is 13.0 Å². The molecule has 1 heterocycles. The van der Waals surface area contributed by atoms with Gasteiger partial charge in [-0.3, -0.25) is 9.59 Å². The van der Waals surface area contributed by atoms with E-state index in [-0.39, 0.29) is 11.8 Å². The average Bonchev–Trinajstić information content (AvgIpc) is 2.40. The minimum atomic E-state index is -0.453. The molecule has 2 amide bonds. The van der Waals surface area contributed by atoms with E-state index in [0.717, 1.165) is 5.69 Å². The van der Waals surface area contributed by atoms with Crippen molar-refractivity contribution in [1.82, 2.24) is 10.2 Å². The number of nitrogens with two attached hydrogens (primary N) is 1. The summed E-state index contributed by atoms with van der Waals surface area (Å²) < 4.78 is 0.